The Kier molecular flexibility index (Phi) is 5.75. The molecule has 3 aromatic carbocycles. The van der Waals surface area contributed by atoms with Crippen molar-refractivity contribution >= 4 is 17.4 Å². The second kappa shape index (κ2) is 8.78. The summed E-state index contributed by atoms with van der Waals surface area (Å²) >= 11 is 0. The molecule has 0 saturated heterocycles. The van der Waals surface area contributed by atoms with Crippen molar-refractivity contribution in [3.05, 3.63) is 107 Å². The zero-order chi connectivity index (χ0) is 20.9. The highest BCUT2D eigenvalue weighted by Gasteiger charge is 2.31. The Balaban J connectivity index is 1.81. The molecule has 0 aliphatic carbocycles. The van der Waals surface area contributed by atoms with Gasteiger partial charge in [-0.3, -0.25) is 9.59 Å². The van der Waals surface area contributed by atoms with Crippen LogP contribution in [-0.4, -0.2) is 23.7 Å². The fraction of sp³-hybridized carbons (Fsp3) is 0.154. The number of carbonyl (C=O) groups excluding carboxylic acids is 2. The van der Waals surface area contributed by atoms with Gasteiger partial charge in [-0.25, -0.2) is 0 Å². The summed E-state index contributed by atoms with van der Waals surface area (Å²) in [5.74, 6) is 0.680. The lowest BCUT2D eigenvalue weighted by atomic mass is 9.90. The molecule has 1 amide bonds. The van der Waals surface area contributed by atoms with E-state index >= 15 is 0 Å². The van der Waals surface area contributed by atoms with Crippen molar-refractivity contribution in [1.82, 2.24) is 4.90 Å². The third kappa shape index (κ3) is 4.03. The topological polar surface area (TPSA) is 46.6 Å². The Morgan fingerprint density at radius 2 is 1.50 bits per heavy atom. The van der Waals surface area contributed by atoms with Gasteiger partial charge in [-0.1, -0.05) is 60.7 Å². The summed E-state index contributed by atoms with van der Waals surface area (Å²) in [6, 6.07) is 26.7. The molecule has 0 fully saturated rings. The number of hydrogen-bond donors (Lipinski definition) is 0. The highest BCUT2D eigenvalue weighted by molar-refractivity contribution is 6.15. The van der Waals surface area contributed by atoms with Crippen LogP contribution in [0.4, 0.5) is 0 Å². The van der Waals surface area contributed by atoms with E-state index in [4.69, 9.17) is 4.74 Å². The van der Waals surface area contributed by atoms with Gasteiger partial charge in [-0.05, 0) is 41.8 Å². The maximum Gasteiger partial charge on any atom is 0.227 e. The molecule has 30 heavy (non-hydrogen) atoms. The first-order chi connectivity index (χ1) is 14.7. The maximum atomic E-state index is 13.5. The Morgan fingerprint density at radius 1 is 0.867 bits per heavy atom. The number of Topliss-reactive ketones (excluding diaryl/α,β-unsaturated/α-hetero) is 1. The second-order valence-corrected chi connectivity index (χ2v) is 7.22. The summed E-state index contributed by atoms with van der Waals surface area (Å²) in [5.41, 5.74) is 3.86. The summed E-state index contributed by atoms with van der Waals surface area (Å²) in [5, 5.41) is 0. The van der Waals surface area contributed by atoms with Crippen molar-refractivity contribution < 1.29 is 14.3 Å². The van der Waals surface area contributed by atoms with Crippen LogP contribution in [0.3, 0.4) is 0 Å². The van der Waals surface area contributed by atoms with Crippen molar-refractivity contribution in [3.63, 3.8) is 0 Å². The van der Waals surface area contributed by atoms with E-state index in [2.05, 4.69) is 0 Å². The van der Waals surface area contributed by atoms with Crippen LogP contribution in [0, 0.1) is 0 Å². The smallest absolute Gasteiger partial charge is 0.227 e. The van der Waals surface area contributed by atoms with E-state index in [9.17, 15) is 9.59 Å². The molecule has 150 valence electrons. The lowest BCUT2D eigenvalue weighted by molar-refractivity contribution is -0.128. The van der Waals surface area contributed by atoms with Gasteiger partial charge >= 0.3 is 0 Å². The van der Waals surface area contributed by atoms with Crippen molar-refractivity contribution in [1.29, 1.82) is 0 Å². The van der Waals surface area contributed by atoms with Gasteiger partial charge in [0.15, 0.2) is 5.78 Å². The van der Waals surface area contributed by atoms with E-state index < -0.39 is 0 Å². The highest BCUT2D eigenvalue weighted by atomic mass is 16.5. The number of allylic oxidation sites excluding steroid dienone is 1. The minimum absolute atomic E-state index is 0.0315. The molecule has 0 aromatic heterocycles. The van der Waals surface area contributed by atoms with Gasteiger partial charge < -0.3 is 9.64 Å². The molecule has 4 nitrogen and oxygen atoms in total. The van der Waals surface area contributed by atoms with Gasteiger partial charge in [0.2, 0.25) is 5.91 Å². The summed E-state index contributed by atoms with van der Waals surface area (Å²) in [4.78, 5) is 28.1. The minimum Gasteiger partial charge on any atom is -0.497 e. The number of ketones is 1. The summed E-state index contributed by atoms with van der Waals surface area (Å²) < 4.78 is 5.21. The number of rotatable bonds is 6. The Bertz CT molecular complexity index is 1070. The molecule has 1 heterocycles. The lowest BCUT2D eigenvalue weighted by Crippen LogP contribution is -2.34. The van der Waals surface area contributed by atoms with Crippen LogP contribution in [0.25, 0.3) is 5.70 Å². The average molecular weight is 397 g/mol. The van der Waals surface area contributed by atoms with Gasteiger partial charge in [0.1, 0.15) is 5.75 Å². The molecule has 1 aliphatic heterocycles. The zero-order valence-electron chi connectivity index (χ0n) is 16.9. The Labute approximate surface area is 176 Å². The Hall–Kier alpha value is -3.66. The van der Waals surface area contributed by atoms with Crippen molar-refractivity contribution in [2.45, 2.75) is 19.4 Å². The minimum atomic E-state index is -0.0536. The summed E-state index contributed by atoms with van der Waals surface area (Å²) in [6.45, 7) is 0.434. The number of methoxy groups -OCH3 is 1. The summed E-state index contributed by atoms with van der Waals surface area (Å²) in [7, 11) is 1.60. The fourth-order valence-electron chi connectivity index (χ4n) is 3.77. The first-order valence-corrected chi connectivity index (χ1v) is 9.99. The SMILES string of the molecule is COc1ccc(C(=O)C2=C(c3ccccc3)N(Cc3ccccc3)C(=O)CC2)cc1. The van der Waals surface area contributed by atoms with Crippen LogP contribution in [-0.2, 0) is 11.3 Å². The van der Waals surface area contributed by atoms with Crippen LogP contribution in [0.2, 0.25) is 0 Å². The molecule has 0 saturated carbocycles. The second-order valence-electron chi connectivity index (χ2n) is 7.22. The van der Waals surface area contributed by atoms with Crippen LogP contribution < -0.4 is 4.74 Å². The number of amides is 1. The molecule has 4 rings (SSSR count). The number of ether oxygens (including phenoxy) is 1. The molecule has 3 aromatic rings. The molecule has 1 aliphatic rings. The van der Waals surface area contributed by atoms with E-state index in [0.29, 0.717) is 42.0 Å². The maximum absolute atomic E-state index is 13.5. The van der Waals surface area contributed by atoms with Gasteiger partial charge in [0.25, 0.3) is 0 Å². The molecule has 0 N–H and O–H groups in total. The third-order valence-corrected chi connectivity index (χ3v) is 5.30. The first-order valence-electron chi connectivity index (χ1n) is 9.99. The quantitative estimate of drug-likeness (QED) is 0.543. The molecule has 0 atom stereocenters. The predicted molar refractivity (Wildman–Crippen MR) is 117 cm³/mol. The Morgan fingerprint density at radius 3 is 2.13 bits per heavy atom. The molecule has 0 unspecified atom stereocenters. The van der Waals surface area contributed by atoms with Crippen LogP contribution in [0.5, 0.6) is 5.75 Å². The summed E-state index contributed by atoms with van der Waals surface area (Å²) in [6.07, 6.45) is 0.750. The number of carbonyl (C=O) groups is 2. The monoisotopic (exact) mass is 397 g/mol. The molecular formula is C26H23NO3. The number of nitrogens with zero attached hydrogens (tertiary/aromatic N) is 1. The van der Waals surface area contributed by atoms with E-state index in [0.717, 1.165) is 11.1 Å². The van der Waals surface area contributed by atoms with Gasteiger partial charge in [0, 0.05) is 17.6 Å². The fourth-order valence-corrected chi connectivity index (χ4v) is 3.77. The van der Waals surface area contributed by atoms with Crippen molar-refractivity contribution in [3.8, 4) is 5.75 Å². The molecule has 0 bridgehead atoms. The van der Waals surface area contributed by atoms with Gasteiger partial charge in [0.05, 0.1) is 19.4 Å². The third-order valence-electron chi connectivity index (χ3n) is 5.30. The predicted octanol–water partition coefficient (Wildman–Crippen LogP) is 5.11. The van der Waals surface area contributed by atoms with Gasteiger partial charge in [-0.15, -0.1) is 0 Å². The van der Waals surface area contributed by atoms with E-state index in [1.54, 1.807) is 36.3 Å². The molecule has 0 radical (unpaired) electrons. The molecule has 0 spiro atoms. The highest BCUT2D eigenvalue weighted by Crippen LogP contribution is 2.34. The van der Waals surface area contributed by atoms with Crippen molar-refractivity contribution in [2.24, 2.45) is 0 Å². The number of hydrogen-bond acceptors (Lipinski definition) is 3. The standard InChI is InChI=1S/C26H23NO3/c1-30-22-14-12-21(13-15-22)26(29)23-16-17-24(28)27(18-19-8-4-2-5-9-19)25(23)20-10-6-3-7-11-20/h2-15H,16-18H2,1H3. The van der Waals surface area contributed by atoms with E-state index in [1.807, 2.05) is 60.7 Å². The van der Waals surface area contributed by atoms with Crippen LogP contribution in [0.1, 0.15) is 34.3 Å². The van der Waals surface area contributed by atoms with Crippen molar-refractivity contribution in [2.75, 3.05) is 7.11 Å². The van der Waals surface area contributed by atoms with Crippen LogP contribution in [0.15, 0.2) is 90.5 Å². The van der Waals surface area contributed by atoms with E-state index in [-0.39, 0.29) is 11.7 Å². The van der Waals surface area contributed by atoms with E-state index in [1.165, 1.54) is 0 Å². The van der Waals surface area contributed by atoms with Crippen LogP contribution >= 0.6 is 0 Å². The number of benzene rings is 3. The molecule has 4 heteroatoms. The lowest BCUT2D eigenvalue weighted by Gasteiger charge is -2.32. The average Bonchev–Trinajstić information content (AvgIpc) is 2.81. The molecular weight excluding hydrogens is 374 g/mol. The largest absolute Gasteiger partial charge is 0.497 e. The normalized spacial score (nSPS) is 14.0. The first kappa shape index (κ1) is 19.6. The zero-order valence-corrected chi connectivity index (χ0v) is 16.9. The van der Waals surface area contributed by atoms with Gasteiger partial charge in [-0.2, -0.15) is 0 Å².